The predicted molar refractivity (Wildman–Crippen MR) is 128 cm³/mol. The lowest BCUT2D eigenvalue weighted by Crippen LogP contribution is -2.21. The Morgan fingerprint density at radius 2 is 2.00 bits per heavy atom. The van der Waals surface area contributed by atoms with Crippen molar-refractivity contribution < 1.29 is 35.5 Å². The summed E-state index contributed by atoms with van der Waals surface area (Å²) in [5.74, 6) is 0.552. The first-order valence-corrected chi connectivity index (χ1v) is 12.4. The van der Waals surface area contributed by atoms with E-state index < -0.39 is 33.6 Å². The van der Waals surface area contributed by atoms with Crippen LogP contribution in [0, 0.1) is 18.2 Å². The molecular weight excluding hydrogens is 504 g/mol. The number of hydrogen-bond donors (Lipinski definition) is 3. The van der Waals surface area contributed by atoms with Gasteiger partial charge in [-0.3, -0.25) is 9.52 Å². The second kappa shape index (κ2) is 12.4. The number of anilines is 2. The number of rotatable bonds is 11. The quantitative estimate of drug-likeness (QED) is 0.179. The molecule has 0 saturated heterocycles. The fraction of sp³-hybridized carbons (Fsp3) is 0.304. The smallest absolute Gasteiger partial charge is 0.380 e. The Bertz CT molecular complexity index is 1270. The van der Waals surface area contributed by atoms with Gasteiger partial charge >= 0.3 is 6.18 Å². The largest absolute Gasteiger partial charge is 0.433 e. The Balaban J connectivity index is 2.14. The van der Waals surface area contributed by atoms with Crippen LogP contribution in [0.2, 0.25) is 0 Å². The number of halogens is 4. The molecule has 36 heavy (non-hydrogen) atoms. The minimum absolute atomic E-state index is 0.0567. The second-order valence-corrected chi connectivity index (χ2v) is 9.07. The number of ether oxygens (including phenoxy) is 1. The normalized spacial score (nSPS) is 11.8. The predicted octanol–water partition coefficient (Wildman–Crippen LogP) is 3.37. The fourth-order valence-corrected chi connectivity index (χ4v) is 3.45. The van der Waals surface area contributed by atoms with Crippen LogP contribution in [-0.2, 0) is 32.3 Å². The van der Waals surface area contributed by atoms with Crippen molar-refractivity contribution in [3.05, 3.63) is 58.5 Å². The Morgan fingerprint density at radius 3 is 2.61 bits per heavy atom. The molecule has 0 bridgehead atoms. The van der Waals surface area contributed by atoms with E-state index in [1.54, 1.807) is 6.92 Å². The minimum atomic E-state index is -4.64. The number of nitrogens with one attached hydrogen (secondary N) is 3. The highest BCUT2D eigenvalue weighted by molar-refractivity contribution is 7.92. The number of hydrogen-bond acceptors (Lipinski definition) is 6. The van der Waals surface area contributed by atoms with Crippen molar-refractivity contribution in [1.29, 1.82) is 0 Å². The summed E-state index contributed by atoms with van der Waals surface area (Å²) in [7, 11) is -3.77. The first-order valence-electron chi connectivity index (χ1n) is 10.5. The van der Waals surface area contributed by atoms with Gasteiger partial charge in [-0.1, -0.05) is 5.92 Å². The Kier molecular flexibility index (Phi) is 9.83. The lowest BCUT2D eigenvalue weighted by atomic mass is 10.1. The fourth-order valence-electron chi connectivity index (χ4n) is 2.87. The summed E-state index contributed by atoms with van der Waals surface area (Å²) in [4.78, 5) is 15.8. The molecule has 0 atom stereocenters. The van der Waals surface area contributed by atoms with Crippen molar-refractivity contribution in [2.24, 2.45) is 0 Å². The summed E-state index contributed by atoms with van der Waals surface area (Å²) in [6, 6.07) is 4.31. The van der Waals surface area contributed by atoms with Crippen LogP contribution in [0.5, 0.6) is 0 Å². The van der Waals surface area contributed by atoms with E-state index in [-0.39, 0.29) is 47.9 Å². The number of terminal acetylenes is 1. The highest BCUT2D eigenvalue weighted by Crippen LogP contribution is 2.30. The zero-order valence-corrected chi connectivity index (χ0v) is 20.2. The van der Waals surface area contributed by atoms with Crippen LogP contribution in [0.15, 0.2) is 30.3 Å². The molecule has 0 saturated carbocycles. The topological polar surface area (TPSA) is 109 Å². The van der Waals surface area contributed by atoms with Gasteiger partial charge in [0.15, 0.2) is 0 Å². The zero-order valence-electron chi connectivity index (χ0n) is 19.4. The van der Waals surface area contributed by atoms with Crippen LogP contribution >= 0.6 is 0 Å². The van der Waals surface area contributed by atoms with E-state index in [0.29, 0.717) is 6.61 Å². The van der Waals surface area contributed by atoms with E-state index in [4.69, 9.17) is 11.2 Å². The van der Waals surface area contributed by atoms with Gasteiger partial charge in [0.05, 0.1) is 24.1 Å². The molecule has 0 radical (unpaired) electrons. The summed E-state index contributed by atoms with van der Waals surface area (Å²) >= 11 is 0. The average Bonchev–Trinajstić information content (AvgIpc) is 2.79. The minimum Gasteiger partial charge on any atom is -0.380 e. The number of amides is 1. The SMILES string of the molecule is C#Cc1cc(CNC(=O)C=Cc2ccc(C(F)(F)F)nc2NCCOCC)cc(F)c1NS(C)(=O)=O. The van der Waals surface area contributed by atoms with Gasteiger partial charge in [-0.2, -0.15) is 13.2 Å². The molecule has 1 heterocycles. The summed E-state index contributed by atoms with van der Waals surface area (Å²) in [5.41, 5.74) is -1.04. The van der Waals surface area contributed by atoms with Gasteiger partial charge in [-0.25, -0.2) is 17.8 Å². The maximum Gasteiger partial charge on any atom is 0.433 e. The van der Waals surface area contributed by atoms with Crippen LogP contribution in [0.1, 0.15) is 29.3 Å². The van der Waals surface area contributed by atoms with Crippen molar-refractivity contribution >= 4 is 33.5 Å². The molecule has 0 aliphatic carbocycles. The number of pyridine rings is 1. The third kappa shape index (κ3) is 8.86. The zero-order chi connectivity index (χ0) is 26.9. The molecule has 0 aliphatic heterocycles. The third-order valence-corrected chi connectivity index (χ3v) is 5.01. The van der Waals surface area contributed by atoms with E-state index >= 15 is 0 Å². The summed E-state index contributed by atoms with van der Waals surface area (Å²) in [6.45, 7) is 2.50. The summed E-state index contributed by atoms with van der Waals surface area (Å²) < 4.78 is 83.5. The number of carbonyl (C=O) groups is 1. The van der Waals surface area contributed by atoms with E-state index in [1.165, 1.54) is 18.2 Å². The maximum atomic E-state index is 14.4. The molecule has 13 heteroatoms. The molecule has 1 amide bonds. The van der Waals surface area contributed by atoms with E-state index in [1.807, 2.05) is 4.72 Å². The van der Waals surface area contributed by atoms with Crippen molar-refractivity contribution in [2.75, 3.05) is 36.1 Å². The average molecular weight is 529 g/mol. The van der Waals surface area contributed by atoms with Crippen LogP contribution in [0.4, 0.5) is 29.1 Å². The number of nitrogens with zero attached hydrogens (tertiary/aromatic N) is 1. The van der Waals surface area contributed by atoms with Crippen molar-refractivity contribution in [3.63, 3.8) is 0 Å². The lowest BCUT2D eigenvalue weighted by molar-refractivity contribution is -0.141. The molecule has 1 aromatic carbocycles. The van der Waals surface area contributed by atoms with Crippen LogP contribution in [-0.4, -0.2) is 45.3 Å². The molecule has 3 N–H and O–H groups in total. The van der Waals surface area contributed by atoms with Crippen molar-refractivity contribution in [2.45, 2.75) is 19.6 Å². The molecule has 8 nitrogen and oxygen atoms in total. The van der Waals surface area contributed by atoms with Gasteiger partial charge in [-0.05, 0) is 42.8 Å². The number of carbonyl (C=O) groups excluding carboxylic acids is 1. The Labute approximate surface area is 206 Å². The molecule has 0 spiro atoms. The number of sulfonamides is 1. The van der Waals surface area contributed by atoms with Gasteiger partial charge in [-0.15, -0.1) is 6.42 Å². The van der Waals surface area contributed by atoms with Gasteiger partial charge in [0.25, 0.3) is 0 Å². The number of benzene rings is 1. The molecular formula is C23H24F4N4O4S. The first-order chi connectivity index (χ1) is 16.8. The third-order valence-electron chi connectivity index (χ3n) is 4.43. The molecule has 1 aromatic heterocycles. The van der Waals surface area contributed by atoms with Crippen LogP contribution < -0.4 is 15.4 Å². The molecule has 194 valence electrons. The second-order valence-electron chi connectivity index (χ2n) is 7.33. The van der Waals surface area contributed by atoms with Gasteiger partial charge < -0.3 is 15.4 Å². The first kappa shape index (κ1) is 28.6. The van der Waals surface area contributed by atoms with Crippen molar-refractivity contribution in [3.8, 4) is 12.3 Å². The Morgan fingerprint density at radius 1 is 1.28 bits per heavy atom. The molecule has 2 rings (SSSR count). The highest BCUT2D eigenvalue weighted by Gasteiger charge is 2.33. The summed E-state index contributed by atoms with van der Waals surface area (Å²) in [6.07, 6.45) is 3.90. The van der Waals surface area contributed by atoms with E-state index in [0.717, 1.165) is 24.5 Å². The highest BCUT2D eigenvalue weighted by atomic mass is 32.2. The monoisotopic (exact) mass is 528 g/mol. The van der Waals surface area contributed by atoms with E-state index in [9.17, 15) is 30.8 Å². The standard InChI is InChI=1S/C23H24F4N4O4S/c1-4-16-12-15(13-18(24)21(16)31-36(3,33)34)14-29-20(32)9-7-17-6-8-19(23(25,26)27)30-22(17)28-10-11-35-5-2/h1,6-9,12-13,31H,5,10-11,14H2,2-3H3,(H,28,30)(H,29,32). The lowest BCUT2D eigenvalue weighted by Gasteiger charge is -2.12. The van der Waals surface area contributed by atoms with Gasteiger partial charge in [0.2, 0.25) is 15.9 Å². The molecule has 0 unspecified atom stereocenters. The maximum absolute atomic E-state index is 14.4. The van der Waals surface area contributed by atoms with Crippen LogP contribution in [0.3, 0.4) is 0 Å². The van der Waals surface area contributed by atoms with Crippen LogP contribution in [0.25, 0.3) is 6.08 Å². The van der Waals surface area contributed by atoms with Gasteiger partial charge in [0.1, 0.15) is 17.3 Å². The Hall–Kier alpha value is -3.63. The number of alkyl halides is 3. The van der Waals surface area contributed by atoms with Gasteiger partial charge in [0, 0.05) is 31.3 Å². The molecule has 0 aliphatic rings. The molecule has 2 aromatic rings. The van der Waals surface area contributed by atoms with Crippen molar-refractivity contribution in [1.82, 2.24) is 10.3 Å². The molecule has 0 fully saturated rings. The van der Waals surface area contributed by atoms with E-state index in [2.05, 4.69) is 21.5 Å². The number of aromatic nitrogens is 1. The summed E-state index contributed by atoms with van der Waals surface area (Å²) in [5, 5.41) is 5.24.